The van der Waals surface area contributed by atoms with Crippen molar-refractivity contribution in [2.75, 3.05) is 31.6 Å². The van der Waals surface area contributed by atoms with Crippen LogP contribution in [0, 0.1) is 5.92 Å². The summed E-state index contributed by atoms with van der Waals surface area (Å²) in [6, 6.07) is 0.813. The first-order valence-corrected chi connectivity index (χ1v) is 6.58. The Labute approximate surface area is 111 Å². The van der Waals surface area contributed by atoms with Crippen LogP contribution < -0.4 is 15.0 Å². The number of anilines is 1. The van der Waals surface area contributed by atoms with E-state index in [2.05, 4.69) is 25.2 Å². The molecule has 7 heteroatoms. The third-order valence-electron chi connectivity index (χ3n) is 3.64. The number of hydrogen-bond acceptors (Lipinski definition) is 6. The number of ether oxygens (including phenoxy) is 1. The fourth-order valence-electron chi connectivity index (χ4n) is 2.76. The van der Waals surface area contributed by atoms with E-state index in [1.165, 1.54) is 20.0 Å². The number of halogens is 1. The Balaban J connectivity index is 1.81. The lowest BCUT2D eigenvalue weighted by Crippen LogP contribution is -2.40. The molecule has 0 radical (unpaired) electrons. The van der Waals surface area contributed by atoms with Gasteiger partial charge >= 0.3 is 6.01 Å². The lowest BCUT2D eigenvalue weighted by Gasteiger charge is -2.24. The molecule has 6 nitrogen and oxygen atoms in total. The predicted octanol–water partition coefficient (Wildman–Crippen LogP) is 0.722. The van der Waals surface area contributed by atoms with Gasteiger partial charge < -0.3 is 15.0 Å². The number of aromatic nitrogens is 3. The van der Waals surface area contributed by atoms with E-state index in [4.69, 9.17) is 16.3 Å². The molecule has 0 aromatic carbocycles. The second-order valence-corrected chi connectivity index (χ2v) is 5.10. The zero-order chi connectivity index (χ0) is 12.5. The molecular formula is C11H16ClN5O. The largest absolute Gasteiger partial charge is 0.467 e. The highest BCUT2D eigenvalue weighted by molar-refractivity contribution is 6.28. The van der Waals surface area contributed by atoms with Crippen molar-refractivity contribution in [2.45, 2.75) is 18.9 Å². The molecule has 0 spiro atoms. The minimum absolute atomic E-state index is 0.180. The Bertz CT molecular complexity index is 429. The molecule has 2 aliphatic rings. The molecule has 1 aromatic heterocycles. The summed E-state index contributed by atoms with van der Waals surface area (Å²) in [5.41, 5.74) is 0. The number of methoxy groups -OCH3 is 1. The summed E-state index contributed by atoms with van der Waals surface area (Å²) < 4.78 is 5.02. The van der Waals surface area contributed by atoms with Gasteiger partial charge in [-0.1, -0.05) is 0 Å². The van der Waals surface area contributed by atoms with E-state index in [0.717, 1.165) is 19.6 Å². The maximum absolute atomic E-state index is 5.88. The fraction of sp³-hybridized carbons (Fsp3) is 0.727. The standard InChI is InChI=1S/C11H16ClN5O/c1-18-11-15-9(12)14-10(16-11)17-5-7-3-2-4-13-8(7)6-17/h7-8,13H,2-6H2,1H3/t7-,8+/m0/s1. The summed E-state index contributed by atoms with van der Waals surface area (Å²) in [6.45, 7) is 3.01. The number of fused-ring (bicyclic) bond motifs is 1. The average molecular weight is 270 g/mol. The van der Waals surface area contributed by atoms with E-state index in [0.29, 0.717) is 17.9 Å². The van der Waals surface area contributed by atoms with Gasteiger partial charge in [0.25, 0.3) is 0 Å². The quantitative estimate of drug-likeness (QED) is 0.854. The van der Waals surface area contributed by atoms with Crippen LogP contribution in [-0.4, -0.2) is 47.7 Å². The predicted molar refractivity (Wildman–Crippen MR) is 68.1 cm³/mol. The van der Waals surface area contributed by atoms with Gasteiger partial charge in [-0.15, -0.1) is 0 Å². The number of piperidine rings is 1. The zero-order valence-electron chi connectivity index (χ0n) is 10.3. The molecule has 98 valence electrons. The third-order valence-corrected chi connectivity index (χ3v) is 3.81. The normalized spacial score (nSPS) is 27.1. The van der Waals surface area contributed by atoms with Gasteiger partial charge in [0, 0.05) is 19.1 Å². The Hall–Kier alpha value is -1.14. The van der Waals surface area contributed by atoms with Crippen LogP contribution in [0.25, 0.3) is 0 Å². The molecule has 0 amide bonds. The summed E-state index contributed by atoms with van der Waals surface area (Å²) in [6.07, 6.45) is 2.51. The summed E-state index contributed by atoms with van der Waals surface area (Å²) in [7, 11) is 1.53. The smallest absolute Gasteiger partial charge is 0.322 e. The first-order valence-electron chi connectivity index (χ1n) is 6.20. The highest BCUT2D eigenvalue weighted by atomic mass is 35.5. The maximum Gasteiger partial charge on any atom is 0.322 e. The number of nitrogens with zero attached hydrogens (tertiary/aromatic N) is 4. The van der Waals surface area contributed by atoms with Crippen LogP contribution in [0.3, 0.4) is 0 Å². The first-order chi connectivity index (χ1) is 8.76. The van der Waals surface area contributed by atoms with Crippen molar-refractivity contribution < 1.29 is 4.74 Å². The summed E-state index contributed by atoms with van der Waals surface area (Å²) in [5.74, 6) is 1.29. The van der Waals surface area contributed by atoms with E-state index in [-0.39, 0.29) is 11.3 Å². The van der Waals surface area contributed by atoms with Crippen molar-refractivity contribution in [3.8, 4) is 6.01 Å². The molecule has 1 N–H and O–H groups in total. The minimum Gasteiger partial charge on any atom is -0.467 e. The molecule has 0 saturated carbocycles. The van der Waals surface area contributed by atoms with Crippen molar-refractivity contribution in [1.82, 2.24) is 20.3 Å². The Morgan fingerprint density at radius 1 is 1.33 bits per heavy atom. The first kappa shape index (κ1) is 11.9. The van der Waals surface area contributed by atoms with Crippen LogP contribution in [-0.2, 0) is 0 Å². The van der Waals surface area contributed by atoms with Crippen LogP contribution in [0.2, 0.25) is 5.28 Å². The third kappa shape index (κ3) is 2.22. The molecule has 0 bridgehead atoms. The highest BCUT2D eigenvalue weighted by Gasteiger charge is 2.35. The summed E-state index contributed by atoms with van der Waals surface area (Å²) in [5, 5.41) is 3.73. The molecule has 2 aliphatic heterocycles. The Morgan fingerprint density at radius 2 is 2.22 bits per heavy atom. The molecule has 3 rings (SSSR count). The van der Waals surface area contributed by atoms with Gasteiger partial charge in [-0.2, -0.15) is 15.0 Å². The highest BCUT2D eigenvalue weighted by Crippen LogP contribution is 2.28. The van der Waals surface area contributed by atoms with Crippen LogP contribution in [0.4, 0.5) is 5.95 Å². The molecule has 0 aliphatic carbocycles. The minimum atomic E-state index is 0.180. The van der Waals surface area contributed by atoms with Crippen LogP contribution in [0.15, 0.2) is 0 Å². The lowest BCUT2D eigenvalue weighted by molar-refractivity contribution is 0.340. The second-order valence-electron chi connectivity index (χ2n) is 4.76. The Morgan fingerprint density at radius 3 is 3.00 bits per heavy atom. The SMILES string of the molecule is COc1nc(Cl)nc(N2C[C@@H]3CCCN[C@@H]3C2)n1. The van der Waals surface area contributed by atoms with Gasteiger partial charge in [0.15, 0.2) is 0 Å². The van der Waals surface area contributed by atoms with E-state index < -0.39 is 0 Å². The molecule has 2 saturated heterocycles. The van der Waals surface area contributed by atoms with Gasteiger partial charge in [-0.25, -0.2) is 0 Å². The van der Waals surface area contributed by atoms with E-state index in [1.807, 2.05) is 0 Å². The van der Waals surface area contributed by atoms with Crippen molar-refractivity contribution in [1.29, 1.82) is 0 Å². The number of nitrogens with one attached hydrogen (secondary N) is 1. The van der Waals surface area contributed by atoms with Gasteiger partial charge in [0.05, 0.1) is 7.11 Å². The van der Waals surface area contributed by atoms with Crippen LogP contribution >= 0.6 is 11.6 Å². The maximum atomic E-state index is 5.88. The van der Waals surface area contributed by atoms with Crippen molar-refractivity contribution in [3.05, 3.63) is 5.28 Å². The van der Waals surface area contributed by atoms with E-state index >= 15 is 0 Å². The fourth-order valence-corrected chi connectivity index (χ4v) is 2.91. The van der Waals surface area contributed by atoms with Gasteiger partial charge in [-0.05, 0) is 36.9 Å². The Kier molecular flexibility index (Phi) is 3.22. The van der Waals surface area contributed by atoms with Crippen molar-refractivity contribution in [2.24, 2.45) is 5.92 Å². The van der Waals surface area contributed by atoms with Gasteiger partial charge in [0.2, 0.25) is 11.2 Å². The molecule has 1 aromatic rings. The lowest BCUT2D eigenvalue weighted by atomic mass is 9.94. The van der Waals surface area contributed by atoms with E-state index in [1.54, 1.807) is 0 Å². The second kappa shape index (κ2) is 4.85. The molecular weight excluding hydrogens is 254 g/mol. The van der Waals surface area contributed by atoms with Crippen LogP contribution in [0.1, 0.15) is 12.8 Å². The average Bonchev–Trinajstić information content (AvgIpc) is 2.81. The molecule has 3 heterocycles. The van der Waals surface area contributed by atoms with Gasteiger partial charge in [-0.3, -0.25) is 0 Å². The number of rotatable bonds is 2. The summed E-state index contributed by atoms with van der Waals surface area (Å²) in [4.78, 5) is 14.5. The monoisotopic (exact) mass is 269 g/mol. The van der Waals surface area contributed by atoms with E-state index in [9.17, 15) is 0 Å². The number of hydrogen-bond donors (Lipinski definition) is 1. The van der Waals surface area contributed by atoms with Crippen molar-refractivity contribution >= 4 is 17.5 Å². The molecule has 2 atom stereocenters. The molecule has 18 heavy (non-hydrogen) atoms. The zero-order valence-corrected chi connectivity index (χ0v) is 11.0. The molecule has 2 fully saturated rings. The topological polar surface area (TPSA) is 63.2 Å². The van der Waals surface area contributed by atoms with Crippen LogP contribution in [0.5, 0.6) is 6.01 Å². The molecule has 0 unspecified atom stereocenters. The summed E-state index contributed by atoms with van der Waals surface area (Å²) >= 11 is 5.88. The van der Waals surface area contributed by atoms with Gasteiger partial charge in [0.1, 0.15) is 0 Å². The van der Waals surface area contributed by atoms with Crippen molar-refractivity contribution in [3.63, 3.8) is 0 Å².